The molecule has 2 N–H and O–H groups in total. The molecule has 2 amide bonds. The van der Waals surface area contributed by atoms with Crippen LogP contribution in [0.15, 0.2) is 23.1 Å². The lowest BCUT2D eigenvalue weighted by atomic mass is 10.0. The molecule has 2 fully saturated rings. The molecule has 112 valence electrons. The molecule has 3 rings (SSSR count). The molecule has 1 aliphatic carbocycles. The van der Waals surface area contributed by atoms with Gasteiger partial charge in [0.1, 0.15) is 0 Å². The normalized spacial score (nSPS) is 19.3. The van der Waals surface area contributed by atoms with E-state index in [9.17, 15) is 14.4 Å². The molecule has 2 heterocycles. The van der Waals surface area contributed by atoms with Crippen LogP contribution >= 0.6 is 0 Å². The van der Waals surface area contributed by atoms with Gasteiger partial charge in [-0.3, -0.25) is 14.4 Å². The summed E-state index contributed by atoms with van der Waals surface area (Å²) in [5.41, 5.74) is 0.0859. The van der Waals surface area contributed by atoms with Crippen molar-refractivity contribution in [2.45, 2.75) is 31.7 Å². The maximum atomic E-state index is 12.1. The zero-order chi connectivity index (χ0) is 14.8. The van der Waals surface area contributed by atoms with Crippen molar-refractivity contribution in [2.75, 3.05) is 13.1 Å². The Morgan fingerprint density at radius 3 is 2.52 bits per heavy atom. The predicted molar refractivity (Wildman–Crippen MR) is 76.9 cm³/mol. The number of pyridine rings is 1. The molecular weight excluding hydrogens is 270 g/mol. The van der Waals surface area contributed by atoms with Gasteiger partial charge in [0.25, 0.3) is 5.91 Å². The fourth-order valence-electron chi connectivity index (χ4n) is 2.69. The highest BCUT2D eigenvalue weighted by molar-refractivity contribution is 5.94. The van der Waals surface area contributed by atoms with Crippen molar-refractivity contribution in [1.82, 2.24) is 15.2 Å². The van der Waals surface area contributed by atoms with E-state index >= 15 is 0 Å². The van der Waals surface area contributed by atoms with Crippen molar-refractivity contribution in [3.05, 3.63) is 34.2 Å². The van der Waals surface area contributed by atoms with Crippen molar-refractivity contribution in [3.8, 4) is 0 Å². The molecule has 0 radical (unpaired) electrons. The number of hydrogen-bond donors (Lipinski definition) is 2. The van der Waals surface area contributed by atoms with Crippen LogP contribution in [-0.2, 0) is 4.79 Å². The van der Waals surface area contributed by atoms with Crippen LogP contribution < -0.4 is 10.9 Å². The number of aromatic nitrogens is 1. The Morgan fingerprint density at radius 2 is 1.90 bits per heavy atom. The zero-order valence-corrected chi connectivity index (χ0v) is 11.8. The summed E-state index contributed by atoms with van der Waals surface area (Å²) < 4.78 is 0. The van der Waals surface area contributed by atoms with Crippen LogP contribution in [0.5, 0.6) is 0 Å². The van der Waals surface area contributed by atoms with Gasteiger partial charge >= 0.3 is 0 Å². The van der Waals surface area contributed by atoms with Crippen molar-refractivity contribution in [2.24, 2.45) is 5.92 Å². The third-order valence-electron chi connectivity index (χ3n) is 4.11. The summed E-state index contributed by atoms with van der Waals surface area (Å²) in [6, 6.07) is 2.95. The van der Waals surface area contributed by atoms with Crippen molar-refractivity contribution in [3.63, 3.8) is 0 Å². The molecule has 2 aliphatic rings. The number of nitrogens with zero attached hydrogens (tertiary/aromatic N) is 1. The van der Waals surface area contributed by atoms with Crippen LogP contribution in [-0.4, -0.2) is 40.8 Å². The minimum absolute atomic E-state index is 0.0695. The molecule has 1 aliphatic heterocycles. The average molecular weight is 289 g/mol. The van der Waals surface area contributed by atoms with Gasteiger partial charge in [-0.25, -0.2) is 0 Å². The molecule has 0 spiro atoms. The lowest BCUT2D eigenvalue weighted by Crippen LogP contribution is -2.47. The van der Waals surface area contributed by atoms with E-state index in [1.807, 2.05) is 4.90 Å². The van der Waals surface area contributed by atoms with Gasteiger partial charge in [-0.15, -0.1) is 0 Å². The molecule has 0 bridgehead atoms. The quantitative estimate of drug-likeness (QED) is 0.850. The molecular formula is C15H19N3O3. The Bertz CT molecular complexity index is 598. The summed E-state index contributed by atoms with van der Waals surface area (Å²) in [7, 11) is 0. The van der Waals surface area contributed by atoms with Crippen molar-refractivity contribution < 1.29 is 9.59 Å². The summed E-state index contributed by atoms with van der Waals surface area (Å²) in [5.74, 6) is 0.301. The van der Waals surface area contributed by atoms with Crippen LogP contribution in [0.3, 0.4) is 0 Å². The second kappa shape index (κ2) is 5.71. The van der Waals surface area contributed by atoms with Crippen LogP contribution in [0.4, 0.5) is 0 Å². The molecule has 6 heteroatoms. The Labute approximate surface area is 122 Å². The Balaban J connectivity index is 1.52. The molecule has 1 aromatic rings. The molecule has 0 aromatic carbocycles. The van der Waals surface area contributed by atoms with E-state index in [0.29, 0.717) is 18.7 Å². The predicted octanol–water partition coefficient (Wildman–Crippen LogP) is 0.506. The maximum absolute atomic E-state index is 12.1. The first-order valence-corrected chi connectivity index (χ1v) is 7.42. The van der Waals surface area contributed by atoms with Gasteiger partial charge < -0.3 is 15.2 Å². The Kier molecular flexibility index (Phi) is 3.77. The van der Waals surface area contributed by atoms with Crippen molar-refractivity contribution in [1.29, 1.82) is 0 Å². The van der Waals surface area contributed by atoms with Crippen LogP contribution in [0.1, 0.15) is 36.0 Å². The number of carbonyl (C=O) groups excluding carboxylic acids is 2. The first kappa shape index (κ1) is 13.9. The van der Waals surface area contributed by atoms with Gasteiger partial charge in [0.2, 0.25) is 11.5 Å². The molecule has 1 saturated heterocycles. The van der Waals surface area contributed by atoms with Gasteiger partial charge in [-0.05, 0) is 31.7 Å². The monoisotopic (exact) mass is 289 g/mol. The average Bonchev–Trinajstić information content (AvgIpc) is 3.32. The summed E-state index contributed by atoms with van der Waals surface area (Å²) >= 11 is 0. The van der Waals surface area contributed by atoms with E-state index in [2.05, 4.69) is 10.3 Å². The number of likely N-dealkylation sites (tertiary alicyclic amines) is 1. The van der Waals surface area contributed by atoms with E-state index in [1.54, 1.807) is 6.07 Å². The van der Waals surface area contributed by atoms with Crippen molar-refractivity contribution >= 4 is 11.8 Å². The molecule has 21 heavy (non-hydrogen) atoms. The minimum atomic E-state index is -0.285. The van der Waals surface area contributed by atoms with Gasteiger partial charge in [0.15, 0.2) is 0 Å². The topological polar surface area (TPSA) is 82.3 Å². The SMILES string of the molecule is O=C(NC1CCN(C(=O)C2CC2)CC1)c1cc[nH]c(=O)c1. The zero-order valence-electron chi connectivity index (χ0n) is 11.8. The summed E-state index contributed by atoms with van der Waals surface area (Å²) in [5, 5.41) is 2.94. The van der Waals surface area contributed by atoms with E-state index < -0.39 is 0 Å². The van der Waals surface area contributed by atoms with Gasteiger partial charge in [0.05, 0.1) is 0 Å². The number of hydrogen-bond acceptors (Lipinski definition) is 3. The molecule has 6 nitrogen and oxygen atoms in total. The molecule has 1 aromatic heterocycles. The highest BCUT2D eigenvalue weighted by Crippen LogP contribution is 2.31. The lowest BCUT2D eigenvalue weighted by molar-refractivity contribution is -0.133. The number of piperidine rings is 1. The van der Waals surface area contributed by atoms with E-state index in [-0.39, 0.29) is 29.3 Å². The summed E-state index contributed by atoms with van der Waals surface area (Å²) in [4.78, 5) is 39.6. The van der Waals surface area contributed by atoms with Gasteiger partial charge in [-0.1, -0.05) is 0 Å². The molecule has 1 saturated carbocycles. The summed E-state index contributed by atoms with van der Waals surface area (Å²) in [6.07, 6.45) is 5.06. The number of rotatable bonds is 3. The Hall–Kier alpha value is -2.11. The second-order valence-corrected chi connectivity index (χ2v) is 5.79. The first-order valence-electron chi connectivity index (χ1n) is 7.42. The molecule has 0 atom stereocenters. The standard InChI is InChI=1S/C15H19N3O3/c19-13-9-11(3-6-16-13)14(20)17-12-4-7-18(8-5-12)15(21)10-1-2-10/h3,6,9-10,12H,1-2,4-5,7-8H2,(H,16,19)(H,17,20). The number of amides is 2. The number of nitrogens with one attached hydrogen (secondary N) is 2. The molecule has 0 unspecified atom stereocenters. The van der Waals surface area contributed by atoms with E-state index in [4.69, 9.17) is 0 Å². The number of carbonyl (C=O) groups is 2. The van der Waals surface area contributed by atoms with Gasteiger partial charge in [0, 0.05) is 42.9 Å². The maximum Gasteiger partial charge on any atom is 0.251 e. The minimum Gasteiger partial charge on any atom is -0.349 e. The highest BCUT2D eigenvalue weighted by atomic mass is 16.2. The third-order valence-corrected chi connectivity index (χ3v) is 4.11. The largest absolute Gasteiger partial charge is 0.349 e. The highest BCUT2D eigenvalue weighted by Gasteiger charge is 2.35. The fraction of sp³-hybridized carbons (Fsp3) is 0.533. The summed E-state index contributed by atoms with van der Waals surface area (Å²) in [6.45, 7) is 1.41. The van der Waals surface area contributed by atoms with Crippen LogP contribution in [0.25, 0.3) is 0 Å². The second-order valence-electron chi connectivity index (χ2n) is 5.79. The van der Waals surface area contributed by atoms with Crippen LogP contribution in [0, 0.1) is 5.92 Å². The Morgan fingerprint density at radius 1 is 1.19 bits per heavy atom. The number of aromatic amines is 1. The van der Waals surface area contributed by atoms with Crippen LogP contribution in [0.2, 0.25) is 0 Å². The third kappa shape index (κ3) is 3.32. The smallest absolute Gasteiger partial charge is 0.251 e. The van der Waals surface area contributed by atoms with E-state index in [0.717, 1.165) is 25.7 Å². The first-order chi connectivity index (χ1) is 10.1. The van der Waals surface area contributed by atoms with Gasteiger partial charge in [-0.2, -0.15) is 0 Å². The lowest BCUT2D eigenvalue weighted by Gasteiger charge is -2.32. The fourth-order valence-corrected chi connectivity index (χ4v) is 2.69. The number of H-pyrrole nitrogens is 1. The van der Waals surface area contributed by atoms with E-state index in [1.165, 1.54) is 12.3 Å².